The van der Waals surface area contributed by atoms with Crippen LogP contribution in [0, 0.1) is 5.92 Å². The first-order chi connectivity index (χ1) is 8.26. The highest BCUT2D eigenvalue weighted by Gasteiger charge is 2.54. The molecule has 0 aromatic heterocycles. The van der Waals surface area contributed by atoms with E-state index < -0.39 is 14.0 Å². The van der Waals surface area contributed by atoms with Crippen LogP contribution in [0.25, 0.3) is 6.08 Å². The second-order valence-corrected chi connectivity index (χ2v) is 10.1. The van der Waals surface area contributed by atoms with Crippen molar-refractivity contribution in [3.8, 4) is 0 Å². The van der Waals surface area contributed by atoms with Gasteiger partial charge in [0.15, 0.2) is 0 Å². The molecular weight excluding hydrogens is 325 g/mol. The maximum absolute atomic E-state index is 13.5. The van der Waals surface area contributed by atoms with Crippen molar-refractivity contribution in [1.29, 1.82) is 0 Å². The van der Waals surface area contributed by atoms with Crippen molar-refractivity contribution >= 4 is 29.4 Å². The molecule has 1 aromatic rings. The molecule has 1 aliphatic rings. The van der Waals surface area contributed by atoms with Crippen LogP contribution in [0.5, 0.6) is 0 Å². The van der Waals surface area contributed by atoms with Crippen LogP contribution in [0.3, 0.4) is 0 Å². The number of hydrogen-bond donors (Lipinski definition) is 0. The standard InChI is InChI=1S/C13H14BrF3S/c1-9(2)7-11-8-10-5-3-4-6-12(10)18(11,14)13(15,16)17/h3-6,8-9H,7H2,1-2H3. The SMILES string of the molecule is CC(C)CC1=Cc2ccccc2S1(Br)C(F)(F)F. The smallest absolute Gasteiger partial charge is 0.160 e. The van der Waals surface area contributed by atoms with Gasteiger partial charge in [-0.15, -0.1) is 0 Å². The third kappa shape index (κ3) is 2.11. The number of halogens is 4. The Morgan fingerprint density at radius 2 is 1.83 bits per heavy atom. The summed E-state index contributed by atoms with van der Waals surface area (Å²) in [6.45, 7) is 3.88. The molecule has 0 nitrogen and oxygen atoms in total. The lowest BCUT2D eigenvalue weighted by Gasteiger charge is -2.35. The van der Waals surface area contributed by atoms with Gasteiger partial charge in [-0.1, -0.05) is 32.0 Å². The van der Waals surface area contributed by atoms with Crippen LogP contribution < -0.4 is 0 Å². The first-order valence-corrected chi connectivity index (χ1v) is 9.13. The van der Waals surface area contributed by atoms with E-state index in [1.807, 2.05) is 13.8 Å². The summed E-state index contributed by atoms with van der Waals surface area (Å²) in [6, 6.07) is 6.77. The Hall–Kier alpha value is -0.420. The van der Waals surface area contributed by atoms with Gasteiger partial charge >= 0.3 is 5.51 Å². The Bertz CT molecular complexity index is 493. The first kappa shape index (κ1) is 14.0. The van der Waals surface area contributed by atoms with Crippen molar-refractivity contribution in [3.63, 3.8) is 0 Å². The highest BCUT2D eigenvalue weighted by atomic mass is 79.9. The quantitative estimate of drug-likeness (QED) is 0.612. The molecule has 0 N–H and O–H groups in total. The average Bonchev–Trinajstić information content (AvgIpc) is 2.52. The zero-order valence-corrected chi connectivity index (χ0v) is 12.5. The van der Waals surface area contributed by atoms with Crippen molar-refractivity contribution in [2.45, 2.75) is 30.7 Å². The van der Waals surface area contributed by atoms with Crippen LogP contribution in [0.1, 0.15) is 25.8 Å². The molecule has 0 radical (unpaired) electrons. The van der Waals surface area contributed by atoms with Gasteiger partial charge in [-0.25, -0.2) is 0 Å². The van der Waals surface area contributed by atoms with E-state index >= 15 is 0 Å². The molecule has 0 saturated heterocycles. The lowest BCUT2D eigenvalue weighted by molar-refractivity contribution is -0.0355. The van der Waals surface area contributed by atoms with Gasteiger partial charge in [-0.05, 0) is 58.2 Å². The largest absolute Gasteiger partial charge is 0.442 e. The predicted molar refractivity (Wildman–Crippen MR) is 74.7 cm³/mol. The second-order valence-electron chi connectivity index (χ2n) is 4.73. The Balaban J connectivity index is 2.56. The maximum atomic E-state index is 13.5. The highest BCUT2D eigenvalue weighted by molar-refractivity contribution is 9.59. The van der Waals surface area contributed by atoms with Crippen LogP contribution in [0.4, 0.5) is 13.2 Å². The van der Waals surface area contributed by atoms with Crippen LogP contribution in [-0.2, 0) is 0 Å². The van der Waals surface area contributed by atoms with Crippen LogP contribution in [-0.4, -0.2) is 5.51 Å². The third-order valence-electron chi connectivity index (χ3n) is 2.83. The molecule has 0 amide bonds. The van der Waals surface area contributed by atoms with Crippen LogP contribution >= 0.6 is 23.3 Å². The molecule has 0 bridgehead atoms. The topological polar surface area (TPSA) is 0 Å². The lowest BCUT2D eigenvalue weighted by Crippen LogP contribution is -2.16. The molecule has 1 unspecified atom stereocenters. The summed E-state index contributed by atoms with van der Waals surface area (Å²) >= 11 is 3.05. The van der Waals surface area contributed by atoms with Crippen LogP contribution in [0.2, 0.25) is 0 Å². The van der Waals surface area contributed by atoms with Crippen molar-refractivity contribution in [1.82, 2.24) is 0 Å². The highest BCUT2D eigenvalue weighted by Crippen LogP contribution is 2.81. The van der Waals surface area contributed by atoms with E-state index in [0.717, 1.165) is 0 Å². The molecule has 1 heterocycles. The maximum Gasteiger partial charge on any atom is 0.442 e. The molecule has 0 fully saturated rings. The molecule has 100 valence electrons. The van der Waals surface area contributed by atoms with Gasteiger partial charge in [0.25, 0.3) is 0 Å². The normalized spacial score (nSPS) is 26.7. The average molecular weight is 339 g/mol. The molecule has 1 aliphatic heterocycles. The van der Waals surface area contributed by atoms with Gasteiger partial charge < -0.3 is 0 Å². The molecule has 1 aromatic carbocycles. The number of fused-ring (bicyclic) bond motifs is 1. The fourth-order valence-electron chi connectivity index (χ4n) is 2.10. The van der Waals surface area contributed by atoms with E-state index in [1.165, 1.54) is 0 Å². The predicted octanol–water partition coefficient (Wildman–Crippen LogP) is 6.08. The van der Waals surface area contributed by atoms with E-state index in [0.29, 0.717) is 21.8 Å². The summed E-state index contributed by atoms with van der Waals surface area (Å²) < 4.78 is 40.4. The van der Waals surface area contributed by atoms with Gasteiger partial charge in [-0.2, -0.15) is 13.2 Å². The number of allylic oxidation sites excluding steroid dienone is 1. The Labute approximate surface area is 114 Å². The molecule has 1 atom stereocenters. The van der Waals surface area contributed by atoms with E-state index in [9.17, 15) is 13.2 Å². The van der Waals surface area contributed by atoms with E-state index in [2.05, 4.69) is 14.8 Å². The zero-order valence-electron chi connectivity index (χ0n) is 10.1. The summed E-state index contributed by atoms with van der Waals surface area (Å²) in [7, 11) is -3.04. The fraction of sp³-hybridized carbons (Fsp3) is 0.385. The number of rotatable bonds is 2. The molecule has 2 rings (SSSR count). The minimum absolute atomic E-state index is 0.206. The molecule has 0 aliphatic carbocycles. The van der Waals surface area contributed by atoms with Gasteiger partial charge in [-0.3, -0.25) is 0 Å². The molecule has 5 heteroatoms. The number of hydrogen-bond acceptors (Lipinski definition) is 0. The van der Waals surface area contributed by atoms with Crippen molar-refractivity contribution < 1.29 is 13.2 Å². The monoisotopic (exact) mass is 338 g/mol. The van der Waals surface area contributed by atoms with Crippen molar-refractivity contribution in [2.24, 2.45) is 5.92 Å². The van der Waals surface area contributed by atoms with Crippen LogP contribution in [0.15, 0.2) is 34.1 Å². The molecular formula is C13H14BrF3S. The zero-order chi connectivity index (χ0) is 13.6. The number of benzene rings is 1. The summed E-state index contributed by atoms with van der Waals surface area (Å²) in [5.74, 6) is 0.206. The summed E-state index contributed by atoms with van der Waals surface area (Å²) in [6.07, 6.45) is 2.17. The lowest BCUT2D eigenvalue weighted by atomic mass is 10.1. The fourth-order valence-corrected chi connectivity index (χ4v) is 6.06. The third-order valence-corrected chi connectivity index (χ3v) is 8.85. The first-order valence-electron chi connectivity index (χ1n) is 5.65. The summed E-state index contributed by atoms with van der Waals surface area (Å²) in [4.78, 5) is 0.861. The molecule has 18 heavy (non-hydrogen) atoms. The Morgan fingerprint density at radius 1 is 1.22 bits per heavy atom. The number of alkyl halides is 3. The van der Waals surface area contributed by atoms with E-state index in [4.69, 9.17) is 0 Å². The van der Waals surface area contributed by atoms with E-state index in [-0.39, 0.29) is 5.92 Å². The van der Waals surface area contributed by atoms with Gasteiger partial charge in [0.1, 0.15) is 0 Å². The summed E-state index contributed by atoms with van der Waals surface area (Å²) in [5, 5.41) is 0. The van der Waals surface area contributed by atoms with E-state index in [1.54, 1.807) is 30.3 Å². The Kier molecular flexibility index (Phi) is 3.58. The van der Waals surface area contributed by atoms with Crippen molar-refractivity contribution in [3.05, 3.63) is 34.7 Å². The van der Waals surface area contributed by atoms with Gasteiger partial charge in [0.2, 0.25) is 0 Å². The summed E-state index contributed by atoms with van der Waals surface area (Å²) in [5.41, 5.74) is -3.56. The van der Waals surface area contributed by atoms with Gasteiger partial charge in [0, 0.05) is 4.90 Å². The van der Waals surface area contributed by atoms with Crippen molar-refractivity contribution in [2.75, 3.05) is 0 Å². The molecule has 0 spiro atoms. The Morgan fingerprint density at radius 3 is 2.39 bits per heavy atom. The molecule has 0 saturated carbocycles. The van der Waals surface area contributed by atoms with Gasteiger partial charge in [0.05, 0.1) is 0 Å². The minimum Gasteiger partial charge on any atom is -0.160 e. The second kappa shape index (κ2) is 4.60. The minimum atomic E-state index is -4.25.